The number of hydrogen-bond acceptors (Lipinski definition) is 5. The van der Waals surface area contributed by atoms with Crippen LogP contribution in [0, 0.1) is 0 Å². The zero-order valence-electron chi connectivity index (χ0n) is 17.1. The Morgan fingerprint density at radius 3 is 2.26 bits per heavy atom. The maximum atomic E-state index is 12.8. The van der Waals surface area contributed by atoms with Crippen molar-refractivity contribution in [3.8, 4) is 0 Å². The topological polar surface area (TPSA) is 61.4 Å². The lowest BCUT2D eigenvalue weighted by molar-refractivity contribution is 0.102. The van der Waals surface area contributed by atoms with Crippen LogP contribution in [-0.2, 0) is 0 Å². The van der Waals surface area contributed by atoms with Crippen molar-refractivity contribution in [2.24, 2.45) is 0 Å². The Morgan fingerprint density at radius 1 is 0.742 bits per heavy atom. The van der Waals surface area contributed by atoms with Crippen molar-refractivity contribution < 1.29 is 4.79 Å². The van der Waals surface area contributed by atoms with Gasteiger partial charge in [-0.3, -0.25) is 4.79 Å². The van der Waals surface area contributed by atoms with E-state index < -0.39 is 0 Å². The molecule has 0 atom stereocenters. The minimum Gasteiger partial charge on any atom is -0.368 e. The molecule has 0 unspecified atom stereocenters. The predicted molar refractivity (Wildman–Crippen MR) is 125 cm³/mol. The van der Waals surface area contributed by atoms with E-state index in [1.165, 1.54) is 12.0 Å². The van der Waals surface area contributed by atoms with Crippen molar-refractivity contribution in [1.29, 1.82) is 0 Å². The number of para-hydroxylation sites is 1. The summed E-state index contributed by atoms with van der Waals surface area (Å²) in [6, 6.07) is 26.0. The van der Waals surface area contributed by atoms with Crippen molar-refractivity contribution in [1.82, 2.24) is 9.97 Å². The molecular weight excluding hydrogens is 386 g/mol. The molecule has 1 saturated heterocycles. The molecule has 0 aliphatic carbocycles. The molecule has 0 radical (unpaired) electrons. The van der Waals surface area contributed by atoms with Crippen molar-refractivity contribution in [2.45, 2.75) is 0 Å². The number of piperazine rings is 1. The summed E-state index contributed by atoms with van der Waals surface area (Å²) < 4.78 is 0. The number of amides is 1. The van der Waals surface area contributed by atoms with Gasteiger partial charge < -0.3 is 15.1 Å². The average molecular weight is 409 g/mol. The first-order valence-electron chi connectivity index (χ1n) is 10.4. The van der Waals surface area contributed by atoms with Gasteiger partial charge in [0, 0.05) is 43.5 Å². The first-order valence-corrected chi connectivity index (χ1v) is 10.4. The summed E-state index contributed by atoms with van der Waals surface area (Å²) in [5.41, 5.74) is 1.85. The van der Waals surface area contributed by atoms with Gasteiger partial charge in [0.25, 0.3) is 5.91 Å². The second-order valence-electron chi connectivity index (χ2n) is 7.59. The van der Waals surface area contributed by atoms with Gasteiger partial charge in [-0.1, -0.05) is 48.5 Å². The van der Waals surface area contributed by atoms with Gasteiger partial charge in [-0.25, -0.2) is 9.97 Å². The smallest absolute Gasteiger partial charge is 0.256 e. The Hall–Kier alpha value is -3.93. The van der Waals surface area contributed by atoms with Crippen LogP contribution in [-0.4, -0.2) is 42.1 Å². The van der Waals surface area contributed by atoms with Crippen LogP contribution in [0.2, 0.25) is 0 Å². The number of rotatable bonds is 4. The van der Waals surface area contributed by atoms with E-state index in [1.807, 2.05) is 54.6 Å². The number of benzene rings is 3. The van der Waals surface area contributed by atoms with Crippen LogP contribution in [0.1, 0.15) is 10.4 Å². The third-order valence-corrected chi connectivity index (χ3v) is 5.63. The summed E-state index contributed by atoms with van der Waals surface area (Å²) in [6.07, 6.45) is 1.51. The zero-order valence-corrected chi connectivity index (χ0v) is 17.1. The normalized spacial score (nSPS) is 13.9. The lowest BCUT2D eigenvalue weighted by Crippen LogP contribution is -2.46. The second kappa shape index (κ2) is 8.44. The quantitative estimate of drug-likeness (QED) is 0.547. The molecule has 4 aromatic rings. The van der Waals surface area contributed by atoms with E-state index in [2.05, 4.69) is 49.4 Å². The van der Waals surface area contributed by atoms with Gasteiger partial charge in [0.15, 0.2) is 0 Å². The molecule has 1 amide bonds. The largest absolute Gasteiger partial charge is 0.368 e. The highest BCUT2D eigenvalue weighted by Crippen LogP contribution is 2.21. The van der Waals surface area contributed by atoms with Crippen LogP contribution in [0.15, 0.2) is 85.2 Å². The van der Waals surface area contributed by atoms with Crippen LogP contribution < -0.4 is 15.1 Å². The summed E-state index contributed by atoms with van der Waals surface area (Å²) >= 11 is 0. The lowest BCUT2D eigenvalue weighted by atomic mass is 10.1. The number of hydrogen-bond donors (Lipinski definition) is 1. The first-order chi connectivity index (χ1) is 15.3. The molecule has 0 spiro atoms. The fraction of sp³-hybridized carbons (Fsp3) is 0.160. The molecule has 1 fully saturated rings. The summed E-state index contributed by atoms with van der Waals surface area (Å²) in [4.78, 5) is 26.0. The highest BCUT2D eigenvalue weighted by atomic mass is 16.1. The van der Waals surface area contributed by atoms with Crippen molar-refractivity contribution in [3.05, 3.63) is 90.8 Å². The Morgan fingerprint density at radius 2 is 1.45 bits per heavy atom. The van der Waals surface area contributed by atoms with Crippen molar-refractivity contribution >= 4 is 34.0 Å². The molecule has 3 aromatic carbocycles. The minimum absolute atomic E-state index is 0.177. The van der Waals surface area contributed by atoms with E-state index in [0.717, 1.165) is 42.8 Å². The van der Waals surface area contributed by atoms with E-state index >= 15 is 0 Å². The maximum Gasteiger partial charge on any atom is 0.256 e. The lowest BCUT2D eigenvalue weighted by Gasteiger charge is -2.36. The number of anilines is 3. The molecule has 1 aliphatic heterocycles. The highest BCUT2D eigenvalue weighted by molar-refractivity contribution is 6.06. The van der Waals surface area contributed by atoms with Gasteiger partial charge in [0.2, 0.25) is 0 Å². The first kappa shape index (κ1) is 19.1. The number of nitrogens with one attached hydrogen (secondary N) is 1. The van der Waals surface area contributed by atoms with Gasteiger partial charge >= 0.3 is 0 Å². The molecule has 0 saturated carbocycles. The van der Waals surface area contributed by atoms with Gasteiger partial charge in [-0.05, 0) is 35.0 Å². The van der Waals surface area contributed by atoms with E-state index in [9.17, 15) is 4.79 Å². The number of nitrogens with zero attached hydrogens (tertiary/aromatic N) is 4. The molecule has 6 heteroatoms. The summed E-state index contributed by atoms with van der Waals surface area (Å²) in [5, 5.41) is 5.06. The van der Waals surface area contributed by atoms with Crippen LogP contribution in [0.3, 0.4) is 0 Å². The molecule has 5 rings (SSSR count). The molecule has 6 nitrogen and oxygen atoms in total. The van der Waals surface area contributed by atoms with Crippen LogP contribution >= 0.6 is 0 Å². The Bertz CT molecular complexity index is 1200. The van der Waals surface area contributed by atoms with Crippen molar-refractivity contribution in [3.63, 3.8) is 0 Å². The molecule has 0 bridgehead atoms. The molecule has 1 aliphatic rings. The van der Waals surface area contributed by atoms with Crippen molar-refractivity contribution in [2.75, 3.05) is 41.3 Å². The van der Waals surface area contributed by atoms with E-state index in [0.29, 0.717) is 11.4 Å². The number of aromatic nitrogens is 2. The van der Waals surface area contributed by atoms with Crippen LogP contribution in [0.5, 0.6) is 0 Å². The number of carbonyl (C=O) groups is 1. The van der Waals surface area contributed by atoms with E-state index in [1.54, 1.807) is 0 Å². The number of fused-ring (bicyclic) bond motifs is 1. The zero-order chi connectivity index (χ0) is 21.0. The number of carbonyl (C=O) groups excluding carboxylic acids is 1. The average Bonchev–Trinajstić information content (AvgIpc) is 2.84. The third-order valence-electron chi connectivity index (χ3n) is 5.63. The Labute approximate surface area is 181 Å². The fourth-order valence-electron chi connectivity index (χ4n) is 3.94. The second-order valence-corrected chi connectivity index (χ2v) is 7.59. The Kier molecular flexibility index (Phi) is 5.19. The van der Waals surface area contributed by atoms with E-state index in [-0.39, 0.29) is 5.91 Å². The molecule has 1 aromatic heterocycles. The molecule has 31 heavy (non-hydrogen) atoms. The monoisotopic (exact) mass is 409 g/mol. The third kappa shape index (κ3) is 4.19. The van der Waals surface area contributed by atoms with Gasteiger partial charge in [0.05, 0.1) is 0 Å². The SMILES string of the molecule is O=C(Nc1cc(N2CCN(c3ccccc3)CC2)ncn1)c1ccc2ccccc2c1. The molecule has 1 N–H and O–H groups in total. The van der Waals surface area contributed by atoms with Crippen LogP contribution in [0.4, 0.5) is 17.3 Å². The maximum absolute atomic E-state index is 12.8. The van der Waals surface area contributed by atoms with Crippen LogP contribution in [0.25, 0.3) is 10.8 Å². The van der Waals surface area contributed by atoms with E-state index in [4.69, 9.17) is 0 Å². The summed E-state index contributed by atoms with van der Waals surface area (Å²) in [7, 11) is 0. The van der Waals surface area contributed by atoms with Gasteiger partial charge in [0.1, 0.15) is 18.0 Å². The summed E-state index contributed by atoms with van der Waals surface area (Å²) in [5.74, 6) is 1.16. The minimum atomic E-state index is -0.177. The highest BCUT2D eigenvalue weighted by Gasteiger charge is 2.19. The standard InChI is InChI=1S/C25H23N5O/c31-25(21-11-10-19-6-4-5-7-20(19)16-21)28-23-17-24(27-18-26-23)30-14-12-29(13-15-30)22-8-2-1-3-9-22/h1-11,16-18H,12-15H2,(H,26,27,28,31). The van der Waals surface area contributed by atoms with Gasteiger partial charge in [-0.15, -0.1) is 0 Å². The molecule has 2 heterocycles. The molecule has 154 valence electrons. The molecular formula is C25H23N5O. The summed E-state index contributed by atoms with van der Waals surface area (Å²) in [6.45, 7) is 3.58. The van der Waals surface area contributed by atoms with Gasteiger partial charge in [-0.2, -0.15) is 0 Å². The predicted octanol–water partition coefficient (Wildman–Crippen LogP) is 4.21. The Balaban J connectivity index is 1.26. The fourth-order valence-corrected chi connectivity index (χ4v) is 3.94.